The molecular weight excluding hydrogens is 380 g/mol. The molecule has 1 aromatic rings. The van der Waals surface area contributed by atoms with E-state index in [1.165, 1.54) is 12.8 Å². The van der Waals surface area contributed by atoms with Crippen LogP contribution in [-0.2, 0) is 4.79 Å². The maximum atomic E-state index is 11.6. The fraction of sp³-hybridized carbons (Fsp3) is 0.708. The monoisotopic (exact) mass is 418 g/mol. The summed E-state index contributed by atoms with van der Waals surface area (Å²) >= 11 is 0. The largest absolute Gasteiger partial charge is 0.493 e. The molecule has 0 amide bonds. The number of hydrazine groups is 1. The molecule has 1 aliphatic heterocycles. The lowest BCUT2D eigenvalue weighted by atomic mass is 9.72. The minimum absolute atomic E-state index is 0.118. The van der Waals surface area contributed by atoms with E-state index >= 15 is 0 Å². The lowest BCUT2D eigenvalue weighted by Gasteiger charge is -2.34. The van der Waals surface area contributed by atoms with Gasteiger partial charge in [0.05, 0.1) is 19.8 Å². The Labute approximate surface area is 180 Å². The van der Waals surface area contributed by atoms with Crippen molar-refractivity contribution in [2.75, 3.05) is 26.8 Å². The first-order valence-electron chi connectivity index (χ1n) is 11.3. The summed E-state index contributed by atoms with van der Waals surface area (Å²) in [7, 11) is 1.67. The smallest absolute Gasteiger partial charge is 0.161 e. The van der Waals surface area contributed by atoms with E-state index in [9.17, 15) is 9.90 Å². The molecule has 1 aliphatic carbocycles. The second-order valence-corrected chi connectivity index (χ2v) is 9.42. The highest BCUT2D eigenvalue weighted by atomic mass is 16.5. The van der Waals surface area contributed by atoms with E-state index in [0.717, 1.165) is 36.6 Å². The van der Waals surface area contributed by atoms with Crippen molar-refractivity contribution in [2.24, 2.45) is 11.3 Å². The predicted octanol–water partition coefficient (Wildman–Crippen LogP) is 3.53. The highest BCUT2D eigenvalue weighted by Crippen LogP contribution is 2.46. The number of Topliss-reactive ketones (excluding diaryl/α,β-unsaturated/α-hetero) is 1. The zero-order valence-corrected chi connectivity index (χ0v) is 19.1. The van der Waals surface area contributed by atoms with Gasteiger partial charge in [-0.25, -0.2) is 5.01 Å². The fourth-order valence-electron chi connectivity index (χ4n) is 4.42. The second-order valence-electron chi connectivity index (χ2n) is 9.42. The number of methoxy groups -OCH3 is 1. The molecule has 3 rings (SSSR count). The number of hydrogen-bond acceptors (Lipinski definition) is 6. The maximum Gasteiger partial charge on any atom is 0.161 e. The van der Waals surface area contributed by atoms with E-state index < -0.39 is 6.10 Å². The van der Waals surface area contributed by atoms with Crippen LogP contribution in [0.2, 0.25) is 0 Å². The number of nitrogens with one attached hydrogen (secondary N) is 1. The third-order valence-corrected chi connectivity index (χ3v) is 6.84. The minimum atomic E-state index is -0.472. The number of carbonyl (C=O) groups excluding carboxylic acids is 1. The van der Waals surface area contributed by atoms with Gasteiger partial charge in [-0.1, -0.05) is 19.9 Å². The van der Waals surface area contributed by atoms with E-state index in [4.69, 9.17) is 9.47 Å². The van der Waals surface area contributed by atoms with Gasteiger partial charge in [0.1, 0.15) is 5.78 Å². The molecule has 2 aliphatic rings. The van der Waals surface area contributed by atoms with E-state index in [1.807, 2.05) is 13.0 Å². The Balaban J connectivity index is 1.81. The van der Waals surface area contributed by atoms with Crippen LogP contribution < -0.4 is 14.9 Å². The molecule has 1 heterocycles. The summed E-state index contributed by atoms with van der Waals surface area (Å²) < 4.78 is 11.6. The molecule has 6 heteroatoms. The number of carbonyl (C=O) groups is 1. The third kappa shape index (κ3) is 5.34. The number of hydrogen-bond donors (Lipinski definition) is 2. The Morgan fingerprint density at radius 3 is 2.67 bits per heavy atom. The van der Waals surface area contributed by atoms with Crippen LogP contribution in [0.15, 0.2) is 18.2 Å². The van der Waals surface area contributed by atoms with E-state index in [-0.39, 0.29) is 23.2 Å². The molecule has 0 spiro atoms. The van der Waals surface area contributed by atoms with Gasteiger partial charge < -0.3 is 14.6 Å². The Morgan fingerprint density at radius 2 is 2.10 bits per heavy atom. The molecule has 6 nitrogen and oxygen atoms in total. The van der Waals surface area contributed by atoms with Crippen molar-refractivity contribution in [3.05, 3.63) is 23.8 Å². The highest BCUT2D eigenvalue weighted by molar-refractivity contribution is 5.76. The standard InChI is InChI=1S/C24H38N2O4/c1-6-20(11-16(2)27)25-26-13-21(24(4,15-26)17(3)28)19-9-10-22(29-5)23(12-19)30-14-18-7-8-18/h9-10,12,17-18,20-21,25,28H,6-8,11,13-15H2,1-5H3. The molecule has 1 aromatic carbocycles. The van der Waals surface area contributed by atoms with E-state index in [2.05, 4.69) is 36.4 Å². The van der Waals surface area contributed by atoms with Gasteiger partial charge in [-0.2, -0.15) is 0 Å². The van der Waals surface area contributed by atoms with Gasteiger partial charge in [-0.15, -0.1) is 0 Å². The lowest BCUT2D eigenvalue weighted by molar-refractivity contribution is -0.117. The molecular formula is C24H38N2O4. The van der Waals surface area contributed by atoms with Crippen LogP contribution in [0.3, 0.4) is 0 Å². The topological polar surface area (TPSA) is 71.0 Å². The van der Waals surface area contributed by atoms with Gasteiger partial charge in [0.15, 0.2) is 11.5 Å². The van der Waals surface area contributed by atoms with Gasteiger partial charge in [0.25, 0.3) is 0 Å². The average molecular weight is 419 g/mol. The summed E-state index contributed by atoms with van der Waals surface area (Å²) in [6.45, 7) is 9.96. The van der Waals surface area contributed by atoms with Gasteiger partial charge >= 0.3 is 0 Å². The van der Waals surface area contributed by atoms with Crippen LogP contribution in [0.4, 0.5) is 0 Å². The maximum absolute atomic E-state index is 11.6. The number of nitrogens with zero attached hydrogens (tertiary/aromatic N) is 1. The minimum Gasteiger partial charge on any atom is -0.493 e. The molecule has 0 radical (unpaired) electrons. The summed E-state index contributed by atoms with van der Waals surface area (Å²) in [5, 5.41) is 12.9. The van der Waals surface area contributed by atoms with E-state index in [0.29, 0.717) is 18.9 Å². The van der Waals surface area contributed by atoms with Crippen molar-refractivity contribution >= 4 is 5.78 Å². The molecule has 4 unspecified atom stereocenters. The Hall–Kier alpha value is -1.63. The zero-order chi connectivity index (χ0) is 21.9. The molecule has 2 N–H and O–H groups in total. The molecule has 4 atom stereocenters. The van der Waals surface area contributed by atoms with Gasteiger partial charge in [0, 0.05) is 36.9 Å². The van der Waals surface area contributed by atoms with Crippen molar-refractivity contribution in [3.63, 3.8) is 0 Å². The first-order valence-corrected chi connectivity index (χ1v) is 11.3. The van der Waals surface area contributed by atoms with Crippen LogP contribution in [0, 0.1) is 11.3 Å². The zero-order valence-electron chi connectivity index (χ0n) is 19.1. The van der Waals surface area contributed by atoms with Gasteiger partial charge in [-0.3, -0.25) is 10.2 Å². The normalized spacial score (nSPS) is 26.4. The summed E-state index contributed by atoms with van der Waals surface area (Å²) in [5.74, 6) is 2.52. The first kappa shape index (κ1) is 23.0. The quantitative estimate of drug-likeness (QED) is 0.573. The summed E-state index contributed by atoms with van der Waals surface area (Å²) in [6.07, 6.45) is 3.41. The Kier molecular flexibility index (Phi) is 7.43. The van der Waals surface area contributed by atoms with E-state index in [1.54, 1.807) is 14.0 Å². The molecule has 1 saturated heterocycles. The van der Waals surface area contributed by atoms with Crippen molar-refractivity contribution in [2.45, 2.75) is 71.4 Å². The number of ketones is 1. The first-order chi connectivity index (χ1) is 14.3. The number of rotatable bonds is 11. The fourth-order valence-corrected chi connectivity index (χ4v) is 4.42. The van der Waals surface area contributed by atoms with Crippen LogP contribution >= 0.6 is 0 Å². The molecule has 1 saturated carbocycles. The number of aliphatic hydroxyl groups excluding tert-OH is 1. The molecule has 2 fully saturated rings. The Bertz CT molecular complexity index is 734. The van der Waals surface area contributed by atoms with Crippen LogP contribution in [0.5, 0.6) is 11.5 Å². The number of benzene rings is 1. The number of ether oxygens (including phenoxy) is 2. The predicted molar refractivity (Wildman–Crippen MR) is 118 cm³/mol. The van der Waals surface area contributed by atoms with Crippen LogP contribution in [0.25, 0.3) is 0 Å². The molecule has 30 heavy (non-hydrogen) atoms. The molecule has 168 valence electrons. The molecule has 0 aromatic heterocycles. The average Bonchev–Trinajstić information content (AvgIpc) is 3.47. The van der Waals surface area contributed by atoms with Crippen molar-refractivity contribution < 1.29 is 19.4 Å². The summed E-state index contributed by atoms with van der Waals surface area (Å²) in [6, 6.07) is 6.27. The van der Waals surface area contributed by atoms with Crippen LogP contribution in [0.1, 0.15) is 64.9 Å². The van der Waals surface area contributed by atoms with Gasteiger partial charge in [-0.05, 0) is 56.7 Å². The number of aliphatic hydroxyl groups is 1. The van der Waals surface area contributed by atoms with Crippen molar-refractivity contribution in [1.82, 2.24) is 10.4 Å². The highest BCUT2D eigenvalue weighted by Gasteiger charge is 2.47. The SMILES string of the molecule is CCC(CC(C)=O)NN1CC(c2ccc(OC)c(OCC3CC3)c2)C(C)(C(C)O)C1. The lowest BCUT2D eigenvalue weighted by Crippen LogP contribution is -2.45. The third-order valence-electron chi connectivity index (χ3n) is 6.84. The van der Waals surface area contributed by atoms with Crippen LogP contribution in [-0.4, -0.2) is 54.9 Å². The summed E-state index contributed by atoms with van der Waals surface area (Å²) in [4.78, 5) is 11.6. The van der Waals surface area contributed by atoms with Gasteiger partial charge in [0.2, 0.25) is 0 Å². The Morgan fingerprint density at radius 1 is 1.37 bits per heavy atom. The molecule has 0 bridgehead atoms. The summed E-state index contributed by atoms with van der Waals surface area (Å²) in [5.41, 5.74) is 4.37. The van der Waals surface area contributed by atoms with Crippen molar-refractivity contribution in [1.29, 1.82) is 0 Å². The second kappa shape index (κ2) is 9.67. The van der Waals surface area contributed by atoms with Crippen molar-refractivity contribution in [3.8, 4) is 11.5 Å².